The fourth-order valence-electron chi connectivity index (χ4n) is 3.19. The summed E-state index contributed by atoms with van der Waals surface area (Å²) < 4.78 is 40.8. The molecule has 0 aliphatic heterocycles. The molecule has 0 saturated carbocycles. The molecule has 1 nitrogen and oxygen atoms in total. The van der Waals surface area contributed by atoms with Gasteiger partial charge in [0.25, 0.3) is 0 Å². The molecule has 1 heterocycles. The molecule has 120 valence electrons. The lowest BCUT2D eigenvalue weighted by Gasteiger charge is -2.07. The van der Waals surface area contributed by atoms with Gasteiger partial charge in [-0.3, -0.25) is 0 Å². The first kappa shape index (κ1) is 14.8. The van der Waals surface area contributed by atoms with Crippen molar-refractivity contribution < 1.29 is 13.2 Å². The summed E-state index contributed by atoms with van der Waals surface area (Å²) in [7, 11) is 1.81. The molecule has 0 fully saturated rings. The minimum absolute atomic E-state index is 0.588. The third-order valence-corrected chi connectivity index (χ3v) is 4.44. The van der Waals surface area contributed by atoms with E-state index in [2.05, 4.69) is 0 Å². The molecule has 24 heavy (non-hydrogen) atoms. The van der Waals surface area contributed by atoms with E-state index < -0.39 is 11.7 Å². The van der Waals surface area contributed by atoms with Gasteiger partial charge < -0.3 is 4.57 Å². The van der Waals surface area contributed by atoms with Crippen molar-refractivity contribution in [3.8, 4) is 11.1 Å². The van der Waals surface area contributed by atoms with Gasteiger partial charge in [0.15, 0.2) is 0 Å². The molecular formula is C20H14F3N. The summed E-state index contributed by atoms with van der Waals surface area (Å²) in [6, 6.07) is 19.9. The summed E-state index contributed by atoms with van der Waals surface area (Å²) in [5.74, 6) is 0. The van der Waals surface area contributed by atoms with E-state index in [4.69, 9.17) is 0 Å². The van der Waals surface area contributed by atoms with Gasteiger partial charge in [-0.2, -0.15) is 13.2 Å². The Hall–Kier alpha value is -2.75. The van der Waals surface area contributed by atoms with Gasteiger partial charge in [-0.05, 0) is 29.3 Å². The summed E-state index contributed by atoms with van der Waals surface area (Å²) in [4.78, 5) is 0. The van der Waals surface area contributed by atoms with Crippen LogP contribution in [0.1, 0.15) is 5.56 Å². The van der Waals surface area contributed by atoms with Crippen molar-refractivity contribution in [2.45, 2.75) is 6.18 Å². The number of hydrogen-bond donors (Lipinski definition) is 0. The second-order valence-corrected chi connectivity index (χ2v) is 5.89. The highest BCUT2D eigenvalue weighted by Crippen LogP contribution is 2.36. The van der Waals surface area contributed by atoms with E-state index in [-0.39, 0.29) is 0 Å². The summed E-state index contributed by atoms with van der Waals surface area (Å²) >= 11 is 0. The van der Waals surface area contributed by atoms with Crippen LogP contribution in [-0.4, -0.2) is 4.57 Å². The first-order chi connectivity index (χ1) is 11.4. The Morgan fingerprint density at radius 2 is 1.33 bits per heavy atom. The predicted molar refractivity (Wildman–Crippen MR) is 90.9 cm³/mol. The summed E-state index contributed by atoms with van der Waals surface area (Å²) in [6.45, 7) is 0. The quantitative estimate of drug-likeness (QED) is 0.403. The molecule has 0 atom stereocenters. The average molecular weight is 325 g/mol. The molecule has 0 radical (unpaired) electrons. The van der Waals surface area contributed by atoms with Crippen LogP contribution < -0.4 is 0 Å². The zero-order valence-electron chi connectivity index (χ0n) is 12.9. The van der Waals surface area contributed by atoms with E-state index >= 15 is 0 Å². The van der Waals surface area contributed by atoms with E-state index in [0.717, 1.165) is 33.5 Å². The highest BCUT2D eigenvalue weighted by Gasteiger charge is 2.31. The molecule has 0 bridgehead atoms. The Kier molecular flexibility index (Phi) is 3.17. The van der Waals surface area contributed by atoms with Crippen LogP contribution in [0.3, 0.4) is 0 Å². The monoisotopic (exact) mass is 325 g/mol. The van der Waals surface area contributed by atoms with Gasteiger partial charge in [0, 0.05) is 28.9 Å². The Morgan fingerprint density at radius 1 is 0.708 bits per heavy atom. The van der Waals surface area contributed by atoms with E-state index in [0.29, 0.717) is 5.52 Å². The van der Waals surface area contributed by atoms with Crippen LogP contribution in [0.2, 0.25) is 0 Å². The van der Waals surface area contributed by atoms with Crippen LogP contribution in [0.4, 0.5) is 13.2 Å². The third kappa shape index (κ3) is 2.26. The molecule has 0 N–H and O–H groups in total. The Labute approximate surface area is 136 Å². The fraction of sp³-hybridized carbons (Fsp3) is 0.100. The third-order valence-electron chi connectivity index (χ3n) is 4.44. The first-order valence-corrected chi connectivity index (χ1v) is 7.60. The second kappa shape index (κ2) is 5.13. The molecule has 4 rings (SSSR count). The smallest absolute Gasteiger partial charge is 0.344 e. The number of rotatable bonds is 1. The predicted octanol–water partition coefficient (Wildman–Crippen LogP) is 6.02. The largest absolute Gasteiger partial charge is 0.416 e. The van der Waals surface area contributed by atoms with Gasteiger partial charge in [0.2, 0.25) is 0 Å². The Balaban J connectivity index is 1.98. The van der Waals surface area contributed by atoms with Gasteiger partial charge in [-0.1, -0.05) is 48.5 Å². The molecule has 0 aliphatic rings. The molecular weight excluding hydrogens is 311 g/mol. The highest BCUT2D eigenvalue weighted by molar-refractivity contribution is 6.09. The van der Waals surface area contributed by atoms with Crippen molar-refractivity contribution in [3.05, 3.63) is 72.3 Å². The van der Waals surface area contributed by atoms with Crippen LogP contribution in [0.5, 0.6) is 0 Å². The number of benzene rings is 3. The maximum absolute atomic E-state index is 13.0. The van der Waals surface area contributed by atoms with E-state index in [1.807, 2.05) is 53.1 Å². The molecule has 0 saturated heterocycles. The van der Waals surface area contributed by atoms with E-state index in [1.165, 1.54) is 6.07 Å². The van der Waals surface area contributed by atoms with Crippen molar-refractivity contribution in [1.29, 1.82) is 0 Å². The number of hydrogen-bond acceptors (Lipinski definition) is 0. The first-order valence-electron chi connectivity index (χ1n) is 7.60. The molecule has 0 spiro atoms. The van der Waals surface area contributed by atoms with Crippen LogP contribution in [-0.2, 0) is 13.2 Å². The van der Waals surface area contributed by atoms with Crippen LogP contribution in [0.15, 0.2) is 66.7 Å². The molecule has 0 aliphatic carbocycles. The molecule has 0 amide bonds. The van der Waals surface area contributed by atoms with Crippen molar-refractivity contribution >= 4 is 21.8 Å². The van der Waals surface area contributed by atoms with E-state index in [1.54, 1.807) is 13.1 Å². The lowest BCUT2D eigenvalue weighted by molar-refractivity contribution is -0.137. The van der Waals surface area contributed by atoms with Gasteiger partial charge >= 0.3 is 6.18 Å². The van der Waals surface area contributed by atoms with Crippen LogP contribution in [0.25, 0.3) is 32.9 Å². The van der Waals surface area contributed by atoms with Gasteiger partial charge in [0.05, 0.1) is 5.56 Å². The average Bonchev–Trinajstić information content (AvgIpc) is 2.87. The lowest BCUT2D eigenvalue weighted by atomic mass is 10.0. The fourth-order valence-corrected chi connectivity index (χ4v) is 3.19. The topological polar surface area (TPSA) is 4.93 Å². The Morgan fingerprint density at radius 3 is 2.00 bits per heavy atom. The number of aryl methyl sites for hydroxylation is 1. The number of alkyl halides is 3. The maximum Gasteiger partial charge on any atom is 0.416 e. The zero-order chi connectivity index (χ0) is 16.9. The number of aromatic nitrogens is 1. The maximum atomic E-state index is 13.0. The van der Waals surface area contributed by atoms with E-state index in [9.17, 15) is 13.2 Å². The van der Waals surface area contributed by atoms with Crippen LogP contribution >= 0.6 is 0 Å². The zero-order valence-corrected chi connectivity index (χ0v) is 12.9. The summed E-state index contributed by atoms with van der Waals surface area (Å²) in [6.07, 6.45) is -4.33. The van der Waals surface area contributed by atoms with Gasteiger partial charge in [0.1, 0.15) is 0 Å². The van der Waals surface area contributed by atoms with Crippen LogP contribution in [0, 0.1) is 0 Å². The van der Waals surface area contributed by atoms with Crippen molar-refractivity contribution in [2.75, 3.05) is 0 Å². The number of halogens is 3. The van der Waals surface area contributed by atoms with Gasteiger partial charge in [-0.15, -0.1) is 0 Å². The normalized spacial score (nSPS) is 12.2. The summed E-state index contributed by atoms with van der Waals surface area (Å²) in [5.41, 5.74) is 3.02. The van der Waals surface area contributed by atoms with Crippen molar-refractivity contribution in [3.63, 3.8) is 0 Å². The SMILES string of the molecule is Cn1c2cc(-c3ccccc3)ccc2c2ccc(C(F)(F)F)cc21. The number of fused-ring (bicyclic) bond motifs is 3. The van der Waals surface area contributed by atoms with Gasteiger partial charge in [-0.25, -0.2) is 0 Å². The molecule has 4 aromatic rings. The lowest BCUT2D eigenvalue weighted by Crippen LogP contribution is -2.04. The second-order valence-electron chi connectivity index (χ2n) is 5.89. The summed E-state index contributed by atoms with van der Waals surface area (Å²) in [5, 5.41) is 1.79. The minimum Gasteiger partial charge on any atom is -0.344 e. The molecule has 1 aromatic heterocycles. The Bertz CT molecular complexity index is 1040. The van der Waals surface area contributed by atoms with Crippen molar-refractivity contribution in [1.82, 2.24) is 4.57 Å². The standard InChI is InChI=1S/C20H14F3N/c1-24-18-11-14(13-5-3-2-4-6-13)7-9-16(18)17-10-8-15(12-19(17)24)20(21,22)23/h2-12H,1H3. The number of nitrogens with zero attached hydrogens (tertiary/aromatic N) is 1. The van der Waals surface area contributed by atoms with Crippen molar-refractivity contribution in [2.24, 2.45) is 7.05 Å². The molecule has 4 heteroatoms. The molecule has 0 unspecified atom stereocenters. The minimum atomic E-state index is -4.33. The highest BCUT2D eigenvalue weighted by atomic mass is 19.4. The molecule has 3 aromatic carbocycles.